The lowest BCUT2D eigenvalue weighted by Crippen LogP contribution is -2.47. The number of carbonyl (C=O) groups is 2. The summed E-state index contributed by atoms with van der Waals surface area (Å²) in [5, 5.41) is 5.61. The Morgan fingerprint density at radius 3 is 2.64 bits per heavy atom. The van der Waals surface area contributed by atoms with Gasteiger partial charge in [-0.25, -0.2) is 0 Å². The molecule has 4 rings (SSSR count). The molecule has 2 aromatic carbocycles. The van der Waals surface area contributed by atoms with Gasteiger partial charge in [0.05, 0.1) is 24.8 Å². The predicted octanol–water partition coefficient (Wildman–Crippen LogP) is 6.29. The SMILES string of the molecule is COc1cc(Cl)c(C)cc1NC(=O)[C@H]1c2ccccc2C(=O)N(CC(C)C)[C@H]1c1cccs1. The van der Waals surface area contributed by atoms with Gasteiger partial charge in [-0.1, -0.05) is 49.7 Å². The summed E-state index contributed by atoms with van der Waals surface area (Å²) in [7, 11) is 1.55. The van der Waals surface area contributed by atoms with E-state index in [2.05, 4.69) is 19.2 Å². The van der Waals surface area contributed by atoms with Gasteiger partial charge in [0.15, 0.2) is 0 Å². The molecule has 33 heavy (non-hydrogen) atoms. The Balaban J connectivity index is 1.83. The van der Waals surface area contributed by atoms with Crippen molar-refractivity contribution in [3.63, 3.8) is 0 Å². The van der Waals surface area contributed by atoms with Gasteiger partial charge in [-0.15, -0.1) is 11.3 Å². The topological polar surface area (TPSA) is 58.6 Å². The quantitative estimate of drug-likeness (QED) is 0.449. The molecule has 2 amide bonds. The Kier molecular flexibility index (Phi) is 6.77. The molecule has 0 bridgehead atoms. The van der Waals surface area contributed by atoms with Gasteiger partial charge in [0, 0.05) is 28.1 Å². The van der Waals surface area contributed by atoms with Gasteiger partial charge in [0.25, 0.3) is 5.91 Å². The molecule has 1 N–H and O–H groups in total. The molecule has 3 aromatic rings. The van der Waals surface area contributed by atoms with E-state index < -0.39 is 12.0 Å². The standard InChI is InChI=1S/C26H27ClN2O3S/c1-15(2)14-29-24(22-10-7-11-33-22)23(17-8-5-6-9-18(17)26(29)31)25(30)28-20-12-16(3)19(27)13-21(20)32-4/h5-13,15,23-24H,14H2,1-4H3,(H,28,30)/t23-,24-/m0/s1. The van der Waals surface area contributed by atoms with Gasteiger partial charge in [-0.3, -0.25) is 9.59 Å². The molecular weight excluding hydrogens is 456 g/mol. The highest BCUT2D eigenvalue weighted by Crippen LogP contribution is 2.45. The van der Waals surface area contributed by atoms with Crippen molar-refractivity contribution in [1.82, 2.24) is 4.90 Å². The van der Waals surface area contributed by atoms with Crippen LogP contribution in [-0.4, -0.2) is 30.4 Å². The second kappa shape index (κ2) is 9.57. The third kappa shape index (κ3) is 4.50. The van der Waals surface area contributed by atoms with Crippen LogP contribution in [0.3, 0.4) is 0 Å². The molecule has 1 aliphatic rings. The summed E-state index contributed by atoms with van der Waals surface area (Å²) in [6.45, 7) is 6.60. The molecule has 7 heteroatoms. The van der Waals surface area contributed by atoms with Gasteiger partial charge in [-0.05, 0) is 47.5 Å². The average Bonchev–Trinajstić information content (AvgIpc) is 3.32. The number of carbonyl (C=O) groups excluding carboxylic acids is 2. The first-order chi connectivity index (χ1) is 15.8. The number of nitrogens with one attached hydrogen (secondary N) is 1. The van der Waals surface area contributed by atoms with Gasteiger partial charge < -0.3 is 15.0 Å². The van der Waals surface area contributed by atoms with Crippen LogP contribution in [0.1, 0.15) is 52.2 Å². The summed E-state index contributed by atoms with van der Waals surface area (Å²) in [6, 6.07) is 14.5. The number of amides is 2. The van der Waals surface area contributed by atoms with Crippen LogP contribution in [0.4, 0.5) is 5.69 Å². The molecule has 0 radical (unpaired) electrons. The number of hydrogen-bond acceptors (Lipinski definition) is 4. The molecule has 1 aromatic heterocycles. The molecule has 172 valence electrons. The first-order valence-electron chi connectivity index (χ1n) is 10.9. The molecule has 0 spiro atoms. The van der Waals surface area contributed by atoms with Gasteiger partial charge in [-0.2, -0.15) is 0 Å². The van der Waals surface area contributed by atoms with Crippen LogP contribution in [0, 0.1) is 12.8 Å². The number of ether oxygens (including phenoxy) is 1. The fourth-order valence-corrected chi connectivity index (χ4v) is 5.41. The van der Waals surface area contributed by atoms with Crippen LogP contribution in [0.2, 0.25) is 5.02 Å². The molecule has 1 aliphatic heterocycles. The maximum atomic E-state index is 13.9. The van der Waals surface area contributed by atoms with Crippen molar-refractivity contribution in [3.05, 3.63) is 80.5 Å². The minimum absolute atomic E-state index is 0.0401. The van der Waals surface area contributed by atoms with E-state index in [1.807, 2.05) is 59.7 Å². The number of benzene rings is 2. The Morgan fingerprint density at radius 1 is 1.21 bits per heavy atom. The number of hydrogen-bond donors (Lipinski definition) is 1. The summed E-state index contributed by atoms with van der Waals surface area (Å²) in [6.07, 6.45) is 0. The summed E-state index contributed by atoms with van der Waals surface area (Å²) in [4.78, 5) is 30.3. The van der Waals surface area contributed by atoms with E-state index in [9.17, 15) is 9.59 Å². The number of anilines is 1. The molecule has 0 unspecified atom stereocenters. The predicted molar refractivity (Wildman–Crippen MR) is 133 cm³/mol. The number of rotatable bonds is 6. The third-order valence-corrected chi connectivity index (χ3v) is 7.21. The van der Waals surface area contributed by atoms with Crippen molar-refractivity contribution in [3.8, 4) is 5.75 Å². The molecular formula is C26H27ClN2O3S. The van der Waals surface area contributed by atoms with Crippen LogP contribution in [-0.2, 0) is 4.79 Å². The van der Waals surface area contributed by atoms with Crippen LogP contribution >= 0.6 is 22.9 Å². The van der Waals surface area contributed by atoms with Crippen LogP contribution < -0.4 is 10.1 Å². The van der Waals surface area contributed by atoms with Crippen LogP contribution in [0.15, 0.2) is 53.9 Å². The molecule has 0 fully saturated rings. The molecule has 2 atom stereocenters. The van der Waals surface area contributed by atoms with E-state index in [0.717, 1.165) is 16.0 Å². The Hall–Kier alpha value is -2.83. The number of methoxy groups -OCH3 is 1. The van der Waals surface area contributed by atoms with E-state index in [1.54, 1.807) is 24.5 Å². The van der Waals surface area contributed by atoms with Crippen molar-refractivity contribution < 1.29 is 14.3 Å². The van der Waals surface area contributed by atoms with Crippen molar-refractivity contribution in [2.75, 3.05) is 19.0 Å². The van der Waals surface area contributed by atoms with E-state index in [-0.39, 0.29) is 17.7 Å². The normalized spacial score (nSPS) is 17.8. The highest BCUT2D eigenvalue weighted by atomic mass is 35.5. The van der Waals surface area contributed by atoms with Crippen molar-refractivity contribution in [2.24, 2.45) is 5.92 Å². The Morgan fingerprint density at radius 2 is 1.97 bits per heavy atom. The van der Waals surface area contributed by atoms with Gasteiger partial charge in [0.1, 0.15) is 5.75 Å². The highest BCUT2D eigenvalue weighted by Gasteiger charge is 2.44. The molecule has 0 saturated heterocycles. The lowest BCUT2D eigenvalue weighted by molar-refractivity contribution is -0.119. The minimum Gasteiger partial charge on any atom is -0.495 e. The number of fused-ring (bicyclic) bond motifs is 1. The summed E-state index contributed by atoms with van der Waals surface area (Å²) in [5.74, 6) is -0.0592. The fraction of sp³-hybridized carbons (Fsp3) is 0.308. The zero-order chi connectivity index (χ0) is 23.7. The van der Waals surface area contributed by atoms with E-state index in [1.165, 1.54) is 0 Å². The monoisotopic (exact) mass is 482 g/mol. The fourth-order valence-electron chi connectivity index (χ4n) is 4.39. The maximum Gasteiger partial charge on any atom is 0.254 e. The number of halogens is 1. The number of thiophene rings is 1. The molecule has 0 aliphatic carbocycles. The van der Waals surface area contributed by atoms with Gasteiger partial charge in [0.2, 0.25) is 5.91 Å². The van der Waals surface area contributed by atoms with E-state index in [4.69, 9.17) is 16.3 Å². The van der Waals surface area contributed by atoms with Crippen LogP contribution in [0.25, 0.3) is 0 Å². The first-order valence-corrected chi connectivity index (χ1v) is 12.2. The zero-order valence-corrected chi connectivity index (χ0v) is 20.7. The molecule has 2 heterocycles. The lowest BCUT2D eigenvalue weighted by atomic mass is 9.81. The second-order valence-corrected chi connectivity index (χ2v) is 10.1. The maximum absolute atomic E-state index is 13.9. The number of nitrogens with zero attached hydrogens (tertiary/aromatic N) is 1. The van der Waals surface area contributed by atoms with Crippen molar-refractivity contribution >= 4 is 40.4 Å². The Labute approximate surface area is 203 Å². The lowest BCUT2D eigenvalue weighted by Gasteiger charge is -2.42. The van der Waals surface area contributed by atoms with Crippen LogP contribution in [0.5, 0.6) is 5.75 Å². The van der Waals surface area contributed by atoms with Gasteiger partial charge >= 0.3 is 0 Å². The largest absolute Gasteiger partial charge is 0.495 e. The van der Waals surface area contributed by atoms with Crippen molar-refractivity contribution in [2.45, 2.75) is 32.7 Å². The summed E-state index contributed by atoms with van der Waals surface area (Å²) < 4.78 is 5.47. The average molecular weight is 483 g/mol. The smallest absolute Gasteiger partial charge is 0.254 e. The molecule has 5 nitrogen and oxygen atoms in total. The first kappa shape index (κ1) is 23.3. The third-order valence-electron chi connectivity index (χ3n) is 5.86. The van der Waals surface area contributed by atoms with E-state index in [0.29, 0.717) is 28.6 Å². The van der Waals surface area contributed by atoms with Crippen molar-refractivity contribution in [1.29, 1.82) is 0 Å². The highest BCUT2D eigenvalue weighted by molar-refractivity contribution is 7.10. The second-order valence-electron chi connectivity index (χ2n) is 8.67. The summed E-state index contributed by atoms with van der Waals surface area (Å²) >= 11 is 7.82. The summed E-state index contributed by atoms with van der Waals surface area (Å²) in [5.41, 5.74) is 2.70. The number of aryl methyl sites for hydroxylation is 1. The Bertz CT molecular complexity index is 1180. The zero-order valence-electron chi connectivity index (χ0n) is 19.1. The minimum atomic E-state index is -0.572. The van der Waals surface area contributed by atoms with E-state index >= 15 is 0 Å². The molecule has 0 saturated carbocycles.